The van der Waals surface area contributed by atoms with E-state index in [1.54, 1.807) is 6.07 Å². The molecule has 2 N–H and O–H groups in total. The van der Waals surface area contributed by atoms with Crippen LogP contribution in [-0.4, -0.2) is 22.7 Å². The summed E-state index contributed by atoms with van der Waals surface area (Å²) in [6.45, 7) is -0.148. The first-order chi connectivity index (χ1) is 8.24. The fraction of sp³-hybridized carbons (Fsp3) is 0.0909. The molecule has 2 rings (SSSR count). The largest absolute Gasteiger partial charge is 0.484 e. The van der Waals surface area contributed by atoms with Crippen molar-refractivity contribution in [2.45, 2.75) is 0 Å². The van der Waals surface area contributed by atoms with Crippen LogP contribution in [0.2, 0.25) is 0 Å². The number of amides is 1. The number of carbonyl (C=O) groups is 1. The van der Waals surface area contributed by atoms with Gasteiger partial charge in [0.1, 0.15) is 17.4 Å². The van der Waals surface area contributed by atoms with Gasteiger partial charge < -0.3 is 10.1 Å². The average molecular weight is 235 g/mol. The number of ether oxygens (including phenoxy) is 1. The lowest BCUT2D eigenvalue weighted by atomic mass is 10.3. The second kappa shape index (κ2) is 5.11. The van der Waals surface area contributed by atoms with Gasteiger partial charge in [0, 0.05) is 6.07 Å². The van der Waals surface area contributed by atoms with Crippen molar-refractivity contribution < 1.29 is 13.9 Å². The Labute approximate surface area is 96.6 Å². The van der Waals surface area contributed by atoms with Gasteiger partial charge in [0.05, 0.1) is 6.20 Å². The van der Waals surface area contributed by atoms with Gasteiger partial charge in [-0.15, -0.1) is 0 Å². The number of nitrogens with zero attached hydrogens (tertiary/aromatic N) is 1. The Morgan fingerprint density at radius 1 is 1.35 bits per heavy atom. The number of hydrogen-bond donors (Lipinski definition) is 2. The van der Waals surface area contributed by atoms with Crippen molar-refractivity contribution in [2.75, 3.05) is 11.9 Å². The molecule has 6 heteroatoms. The van der Waals surface area contributed by atoms with E-state index in [1.165, 1.54) is 30.5 Å². The van der Waals surface area contributed by atoms with Gasteiger partial charge in [-0.2, -0.15) is 5.10 Å². The van der Waals surface area contributed by atoms with Crippen LogP contribution < -0.4 is 10.1 Å². The summed E-state index contributed by atoms with van der Waals surface area (Å²) in [6, 6.07) is 7.07. The zero-order valence-electron chi connectivity index (χ0n) is 8.81. The Kier molecular flexibility index (Phi) is 3.34. The molecule has 2 aromatic rings. The fourth-order valence-corrected chi connectivity index (χ4v) is 1.19. The molecule has 0 radical (unpaired) electrons. The summed E-state index contributed by atoms with van der Waals surface area (Å²) in [4.78, 5) is 11.4. The van der Waals surface area contributed by atoms with E-state index in [0.29, 0.717) is 11.6 Å². The van der Waals surface area contributed by atoms with Gasteiger partial charge >= 0.3 is 0 Å². The Bertz CT molecular complexity index is 482. The first-order valence-electron chi connectivity index (χ1n) is 4.91. The Hall–Kier alpha value is -2.37. The number of benzene rings is 1. The van der Waals surface area contributed by atoms with Crippen LogP contribution in [0.15, 0.2) is 36.5 Å². The molecule has 1 amide bonds. The van der Waals surface area contributed by atoms with Gasteiger partial charge in [-0.25, -0.2) is 4.39 Å². The van der Waals surface area contributed by atoms with Crippen LogP contribution in [0.4, 0.5) is 10.2 Å². The van der Waals surface area contributed by atoms with Gasteiger partial charge in [-0.05, 0) is 24.3 Å². The van der Waals surface area contributed by atoms with Crippen LogP contribution in [0, 0.1) is 5.82 Å². The summed E-state index contributed by atoms with van der Waals surface area (Å²) in [6.07, 6.45) is 1.52. The van der Waals surface area contributed by atoms with E-state index in [9.17, 15) is 9.18 Å². The van der Waals surface area contributed by atoms with Crippen LogP contribution >= 0.6 is 0 Å². The van der Waals surface area contributed by atoms with Crippen molar-refractivity contribution in [1.82, 2.24) is 10.2 Å². The SMILES string of the molecule is O=C(COc1ccc(F)cc1)Nc1ccn[nH]1. The van der Waals surface area contributed by atoms with Crippen LogP contribution in [0.25, 0.3) is 0 Å². The van der Waals surface area contributed by atoms with Crippen molar-refractivity contribution in [2.24, 2.45) is 0 Å². The second-order valence-corrected chi connectivity index (χ2v) is 3.26. The molecule has 17 heavy (non-hydrogen) atoms. The molecule has 1 aromatic carbocycles. The third-order valence-electron chi connectivity index (χ3n) is 1.96. The predicted octanol–water partition coefficient (Wildman–Crippen LogP) is 1.57. The quantitative estimate of drug-likeness (QED) is 0.845. The molecular formula is C11H10FN3O2. The summed E-state index contributed by atoms with van der Waals surface area (Å²) < 4.78 is 17.8. The van der Waals surface area contributed by atoms with Crippen LogP contribution in [0.3, 0.4) is 0 Å². The number of halogens is 1. The summed E-state index contributed by atoms with van der Waals surface area (Å²) in [5.74, 6) is 0.265. The van der Waals surface area contributed by atoms with Crippen molar-refractivity contribution in [3.05, 3.63) is 42.3 Å². The smallest absolute Gasteiger partial charge is 0.263 e. The Morgan fingerprint density at radius 3 is 2.76 bits per heavy atom. The van der Waals surface area contributed by atoms with Crippen LogP contribution in [0.5, 0.6) is 5.75 Å². The van der Waals surface area contributed by atoms with Crippen LogP contribution in [-0.2, 0) is 4.79 Å². The van der Waals surface area contributed by atoms with Crippen molar-refractivity contribution in [3.63, 3.8) is 0 Å². The molecule has 0 saturated heterocycles. The molecule has 5 nitrogen and oxygen atoms in total. The third kappa shape index (κ3) is 3.30. The molecule has 1 heterocycles. The summed E-state index contributed by atoms with van der Waals surface area (Å²) in [5.41, 5.74) is 0. The molecule has 0 spiro atoms. The lowest BCUT2D eigenvalue weighted by molar-refractivity contribution is -0.118. The third-order valence-corrected chi connectivity index (χ3v) is 1.96. The minimum Gasteiger partial charge on any atom is -0.484 e. The minimum absolute atomic E-state index is 0.148. The number of H-pyrrole nitrogens is 1. The number of aromatic amines is 1. The maximum atomic E-state index is 12.6. The highest BCUT2D eigenvalue weighted by molar-refractivity contribution is 5.90. The Morgan fingerprint density at radius 2 is 2.12 bits per heavy atom. The van der Waals surface area contributed by atoms with E-state index in [-0.39, 0.29) is 18.3 Å². The molecule has 0 saturated carbocycles. The molecule has 0 aliphatic rings. The number of nitrogens with one attached hydrogen (secondary N) is 2. The maximum absolute atomic E-state index is 12.6. The zero-order valence-corrected chi connectivity index (χ0v) is 8.81. The standard InChI is InChI=1S/C11H10FN3O2/c12-8-1-3-9(4-2-8)17-7-11(16)14-10-5-6-13-15-10/h1-6H,7H2,(H2,13,14,15,16). The minimum atomic E-state index is -0.348. The molecule has 0 aliphatic heterocycles. The summed E-state index contributed by atoms with van der Waals surface area (Å²) in [5, 5.41) is 8.82. The number of rotatable bonds is 4. The van der Waals surface area contributed by atoms with Gasteiger partial charge in [0.25, 0.3) is 5.91 Å². The van der Waals surface area contributed by atoms with E-state index in [4.69, 9.17) is 4.74 Å². The van der Waals surface area contributed by atoms with E-state index in [2.05, 4.69) is 15.5 Å². The van der Waals surface area contributed by atoms with Crippen molar-refractivity contribution in [3.8, 4) is 5.75 Å². The topological polar surface area (TPSA) is 67.0 Å². The van der Waals surface area contributed by atoms with Crippen molar-refractivity contribution >= 4 is 11.7 Å². The molecule has 0 unspecified atom stereocenters. The predicted molar refractivity (Wildman–Crippen MR) is 59.1 cm³/mol. The summed E-state index contributed by atoms with van der Waals surface area (Å²) in [7, 11) is 0. The van der Waals surface area contributed by atoms with E-state index in [1.807, 2.05) is 0 Å². The lowest BCUT2D eigenvalue weighted by Crippen LogP contribution is -2.20. The molecule has 0 atom stereocenters. The first kappa shape index (κ1) is 11.1. The summed E-state index contributed by atoms with van der Waals surface area (Å²) >= 11 is 0. The molecule has 0 aliphatic carbocycles. The molecule has 0 fully saturated rings. The normalized spacial score (nSPS) is 9.94. The highest BCUT2D eigenvalue weighted by atomic mass is 19.1. The molecule has 0 bridgehead atoms. The highest BCUT2D eigenvalue weighted by Gasteiger charge is 2.04. The second-order valence-electron chi connectivity index (χ2n) is 3.26. The highest BCUT2D eigenvalue weighted by Crippen LogP contribution is 2.10. The number of anilines is 1. The molecular weight excluding hydrogens is 225 g/mol. The number of hydrogen-bond acceptors (Lipinski definition) is 3. The lowest BCUT2D eigenvalue weighted by Gasteiger charge is -2.05. The fourth-order valence-electron chi connectivity index (χ4n) is 1.19. The van der Waals surface area contributed by atoms with E-state index >= 15 is 0 Å². The van der Waals surface area contributed by atoms with Gasteiger partial charge in [0.15, 0.2) is 6.61 Å². The Balaban J connectivity index is 1.82. The van der Waals surface area contributed by atoms with Gasteiger partial charge in [0.2, 0.25) is 0 Å². The monoisotopic (exact) mass is 235 g/mol. The maximum Gasteiger partial charge on any atom is 0.263 e. The average Bonchev–Trinajstić information content (AvgIpc) is 2.81. The number of carbonyl (C=O) groups excluding carboxylic acids is 1. The zero-order chi connectivity index (χ0) is 12.1. The van der Waals surface area contributed by atoms with Gasteiger partial charge in [-0.1, -0.05) is 0 Å². The molecule has 88 valence electrons. The van der Waals surface area contributed by atoms with E-state index in [0.717, 1.165) is 0 Å². The molecule has 1 aromatic heterocycles. The number of aromatic nitrogens is 2. The first-order valence-corrected chi connectivity index (χ1v) is 4.91. The van der Waals surface area contributed by atoms with Crippen LogP contribution in [0.1, 0.15) is 0 Å². The van der Waals surface area contributed by atoms with Crippen molar-refractivity contribution in [1.29, 1.82) is 0 Å². The van der Waals surface area contributed by atoms with Gasteiger partial charge in [-0.3, -0.25) is 9.89 Å². The van der Waals surface area contributed by atoms with E-state index < -0.39 is 0 Å².